The molecule has 0 radical (unpaired) electrons. The highest BCUT2D eigenvalue weighted by atomic mass is 16.6. The van der Waals surface area contributed by atoms with Crippen molar-refractivity contribution in [2.45, 2.75) is 25.9 Å². The number of nitriles is 1. The number of carbonyl (C=O) groups is 1. The number of nitrogens with two attached hydrogens (primary N) is 1. The van der Waals surface area contributed by atoms with Crippen LogP contribution < -0.4 is 20.5 Å². The monoisotopic (exact) mass is 406 g/mol. The summed E-state index contributed by atoms with van der Waals surface area (Å²) < 4.78 is 16.9. The number of hydrogen-bond donors (Lipinski definition) is 2. The normalized spacial score (nSPS) is 18.0. The lowest BCUT2D eigenvalue weighted by Gasteiger charge is -2.34. The molecule has 1 aromatic heterocycles. The van der Waals surface area contributed by atoms with Crippen LogP contribution in [0.3, 0.4) is 0 Å². The molecule has 1 amide bonds. The smallest absolute Gasteiger partial charge is 0.247 e. The van der Waals surface area contributed by atoms with Crippen molar-refractivity contribution < 1.29 is 19.0 Å². The predicted octanol–water partition coefficient (Wildman–Crippen LogP) is 2.36. The van der Waals surface area contributed by atoms with Crippen LogP contribution in [-0.2, 0) is 9.53 Å². The molecule has 2 aromatic rings. The summed E-state index contributed by atoms with van der Waals surface area (Å²) in [4.78, 5) is 17.0. The molecule has 154 valence electrons. The highest BCUT2D eigenvalue weighted by Crippen LogP contribution is 2.49. The number of rotatable bonds is 5. The molecule has 2 aliphatic heterocycles. The van der Waals surface area contributed by atoms with Crippen LogP contribution in [0.15, 0.2) is 35.7 Å². The van der Waals surface area contributed by atoms with E-state index in [2.05, 4.69) is 16.4 Å². The van der Waals surface area contributed by atoms with E-state index in [1.807, 2.05) is 13.8 Å². The second-order valence-corrected chi connectivity index (χ2v) is 7.34. The zero-order valence-corrected chi connectivity index (χ0v) is 17.0. The van der Waals surface area contributed by atoms with Crippen molar-refractivity contribution >= 4 is 11.6 Å². The molecule has 3 heterocycles. The molecule has 2 aliphatic rings. The number of benzene rings is 1. The van der Waals surface area contributed by atoms with Crippen LogP contribution in [0, 0.1) is 18.3 Å². The van der Waals surface area contributed by atoms with Crippen molar-refractivity contribution in [2.75, 3.05) is 25.6 Å². The number of fused-ring (bicyclic) bond motifs is 1. The Morgan fingerprint density at radius 3 is 2.73 bits per heavy atom. The van der Waals surface area contributed by atoms with E-state index in [0.29, 0.717) is 52.8 Å². The highest BCUT2D eigenvalue weighted by Gasteiger charge is 2.38. The number of nitrogens with one attached hydrogen (secondary N) is 1. The number of primary amides is 1. The van der Waals surface area contributed by atoms with Crippen molar-refractivity contribution in [2.24, 2.45) is 5.73 Å². The number of ether oxygens (including phenoxy) is 3. The number of amides is 1. The van der Waals surface area contributed by atoms with Crippen molar-refractivity contribution in [1.82, 2.24) is 4.98 Å². The van der Waals surface area contributed by atoms with Gasteiger partial charge in [-0.25, -0.2) is 4.98 Å². The van der Waals surface area contributed by atoms with Crippen LogP contribution in [0.5, 0.6) is 11.6 Å². The number of allylic oxidation sites excluding steroid dienone is 1. The van der Waals surface area contributed by atoms with Gasteiger partial charge >= 0.3 is 0 Å². The molecule has 8 nitrogen and oxygen atoms in total. The Bertz CT molecular complexity index is 1100. The van der Waals surface area contributed by atoms with Gasteiger partial charge in [-0.1, -0.05) is 6.07 Å². The zero-order valence-electron chi connectivity index (χ0n) is 17.0. The Morgan fingerprint density at radius 1 is 1.37 bits per heavy atom. The lowest BCUT2D eigenvalue weighted by Crippen LogP contribution is -2.39. The lowest BCUT2D eigenvalue weighted by atomic mass is 9.79. The van der Waals surface area contributed by atoms with E-state index in [4.69, 9.17) is 19.9 Å². The largest absolute Gasteiger partial charge is 0.496 e. The van der Waals surface area contributed by atoms with E-state index in [1.54, 1.807) is 24.4 Å². The number of methoxy groups -OCH3 is 1. The van der Waals surface area contributed by atoms with Crippen molar-refractivity contribution in [3.05, 3.63) is 57.9 Å². The third-order valence-corrected chi connectivity index (χ3v) is 5.39. The Kier molecular flexibility index (Phi) is 5.06. The minimum Gasteiger partial charge on any atom is -0.496 e. The van der Waals surface area contributed by atoms with E-state index < -0.39 is 11.8 Å². The summed E-state index contributed by atoms with van der Waals surface area (Å²) in [5, 5.41) is 12.6. The number of hydrogen-bond acceptors (Lipinski definition) is 7. The quantitative estimate of drug-likeness (QED) is 0.782. The third-order valence-electron chi connectivity index (χ3n) is 5.39. The van der Waals surface area contributed by atoms with Gasteiger partial charge in [0.1, 0.15) is 11.9 Å². The highest BCUT2D eigenvalue weighted by molar-refractivity contribution is 5.98. The van der Waals surface area contributed by atoms with Gasteiger partial charge in [0.05, 0.1) is 49.1 Å². The fourth-order valence-corrected chi connectivity index (χ4v) is 3.85. The Balaban J connectivity index is 1.97. The minimum atomic E-state index is -0.565. The Labute approximate surface area is 174 Å². The van der Waals surface area contributed by atoms with Crippen LogP contribution in [-0.4, -0.2) is 37.3 Å². The summed E-state index contributed by atoms with van der Waals surface area (Å²) >= 11 is 0. The summed E-state index contributed by atoms with van der Waals surface area (Å²) in [6, 6.07) is 7.23. The standard InChI is InChI=1S/C22H22N4O4/c1-11-8-25-22(30-14-9-29-10-14)19-18(17(21(24)27)12(2)26-20(11)19)15-5-4-13(7-23)6-16(15)28-3/h4-6,8,14,18,26H,9-10H2,1-3H3,(H2,24,27)/t18-/m1/s1. The number of aryl methyl sites for hydroxylation is 1. The van der Waals surface area contributed by atoms with Crippen LogP contribution >= 0.6 is 0 Å². The van der Waals surface area contributed by atoms with Crippen molar-refractivity contribution in [3.8, 4) is 17.7 Å². The van der Waals surface area contributed by atoms with Crippen molar-refractivity contribution in [3.63, 3.8) is 0 Å². The number of anilines is 1. The van der Waals surface area contributed by atoms with E-state index in [-0.39, 0.29) is 6.10 Å². The first kappa shape index (κ1) is 19.7. The molecular formula is C22H22N4O4. The molecule has 30 heavy (non-hydrogen) atoms. The maximum Gasteiger partial charge on any atom is 0.247 e. The zero-order chi connectivity index (χ0) is 21.4. The molecule has 8 heteroatoms. The molecule has 0 aliphatic carbocycles. The summed E-state index contributed by atoms with van der Waals surface area (Å²) in [5.74, 6) is -0.219. The van der Waals surface area contributed by atoms with Gasteiger partial charge in [0, 0.05) is 23.0 Å². The maximum atomic E-state index is 12.5. The second kappa shape index (κ2) is 7.69. The Hall–Kier alpha value is -3.57. The van der Waals surface area contributed by atoms with Crippen molar-refractivity contribution in [1.29, 1.82) is 5.26 Å². The molecule has 0 unspecified atom stereocenters. The summed E-state index contributed by atoms with van der Waals surface area (Å²) in [6.45, 7) is 4.72. The van der Waals surface area contributed by atoms with Gasteiger partial charge in [0.15, 0.2) is 0 Å². The first-order chi connectivity index (χ1) is 14.4. The van der Waals surface area contributed by atoms with E-state index in [0.717, 1.165) is 11.3 Å². The Morgan fingerprint density at radius 2 is 2.13 bits per heavy atom. The molecular weight excluding hydrogens is 384 g/mol. The van der Waals surface area contributed by atoms with Gasteiger partial charge in [0.25, 0.3) is 0 Å². The average molecular weight is 406 g/mol. The number of nitrogens with zero attached hydrogens (tertiary/aromatic N) is 2. The topological polar surface area (TPSA) is 119 Å². The predicted molar refractivity (Wildman–Crippen MR) is 109 cm³/mol. The molecule has 3 N–H and O–H groups in total. The van der Waals surface area contributed by atoms with Gasteiger partial charge in [-0.15, -0.1) is 0 Å². The third kappa shape index (κ3) is 3.23. The molecule has 0 spiro atoms. The molecule has 1 saturated heterocycles. The fraction of sp³-hybridized carbons (Fsp3) is 0.318. The number of pyridine rings is 1. The van der Waals surface area contributed by atoms with Gasteiger partial charge in [-0.05, 0) is 31.5 Å². The van der Waals surface area contributed by atoms with E-state index >= 15 is 0 Å². The van der Waals surface area contributed by atoms with Gasteiger partial charge in [0.2, 0.25) is 11.8 Å². The van der Waals surface area contributed by atoms with Crippen LogP contribution in [0.2, 0.25) is 0 Å². The molecule has 0 bridgehead atoms. The SMILES string of the molecule is COc1cc(C#N)ccc1[C@@H]1C(C(N)=O)=C(C)Nc2c(C)cnc(OC3COC3)c21. The summed E-state index contributed by atoms with van der Waals surface area (Å²) in [5.41, 5.74) is 10.4. The molecule has 1 fully saturated rings. The van der Waals surface area contributed by atoms with Crippen LogP contribution in [0.1, 0.15) is 35.1 Å². The van der Waals surface area contributed by atoms with Gasteiger partial charge in [-0.2, -0.15) is 5.26 Å². The summed E-state index contributed by atoms with van der Waals surface area (Å²) in [7, 11) is 1.53. The first-order valence-electron chi connectivity index (χ1n) is 9.54. The maximum absolute atomic E-state index is 12.5. The van der Waals surface area contributed by atoms with Gasteiger partial charge < -0.3 is 25.3 Å². The fourth-order valence-electron chi connectivity index (χ4n) is 3.85. The second-order valence-electron chi connectivity index (χ2n) is 7.34. The average Bonchev–Trinajstić information content (AvgIpc) is 2.70. The minimum absolute atomic E-state index is 0.100. The van der Waals surface area contributed by atoms with E-state index in [1.165, 1.54) is 7.11 Å². The van der Waals surface area contributed by atoms with Crippen LogP contribution in [0.4, 0.5) is 5.69 Å². The first-order valence-corrected chi connectivity index (χ1v) is 9.54. The summed E-state index contributed by atoms with van der Waals surface area (Å²) in [6.07, 6.45) is 1.63. The molecule has 4 rings (SSSR count). The lowest BCUT2D eigenvalue weighted by molar-refractivity contribution is -0.114. The number of carbonyl (C=O) groups excluding carboxylic acids is 1. The number of aromatic nitrogens is 1. The van der Waals surface area contributed by atoms with Crippen LogP contribution in [0.25, 0.3) is 0 Å². The molecule has 1 aromatic carbocycles. The van der Waals surface area contributed by atoms with Gasteiger partial charge in [-0.3, -0.25) is 4.79 Å². The van der Waals surface area contributed by atoms with E-state index in [9.17, 15) is 10.1 Å². The molecule has 0 saturated carbocycles. The molecule has 1 atom stereocenters.